The normalized spacial score (nSPS) is 12.8. The van der Waals surface area contributed by atoms with Gasteiger partial charge in [-0.25, -0.2) is 0 Å². The van der Waals surface area contributed by atoms with Crippen LogP contribution in [-0.2, 0) is 16.0 Å². The predicted octanol–water partition coefficient (Wildman–Crippen LogP) is 2.71. The first kappa shape index (κ1) is 18.4. The number of carboxylic acid groups (broad SMARTS) is 1. The molecule has 0 aliphatic carbocycles. The molecule has 2 atom stereocenters. The van der Waals surface area contributed by atoms with Crippen molar-refractivity contribution in [2.75, 3.05) is 0 Å². The van der Waals surface area contributed by atoms with Crippen LogP contribution in [0.15, 0.2) is 60.7 Å². The van der Waals surface area contributed by atoms with Crippen molar-refractivity contribution in [2.45, 2.75) is 25.8 Å². The SMILES string of the molecule is CC(CC(=O)C(Cc1ccccc1)NC(=O)c1ccccc1)C(=O)O. The van der Waals surface area contributed by atoms with E-state index in [1.54, 1.807) is 30.3 Å². The van der Waals surface area contributed by atoms with Gasteiger partial charge in [0.2, 0.25) is 0 Å². The fourth-order valence-corrected chi connectivity index (χ4v) is 2.46. The van der Waals surface area contributed by atoms with Gasteiger partial charge in [-0.3, -0.25) is 14.4 Å². The molecule has 0 bridgehead atoms. The molecule has 0 aliphatic heterocycles. The Morgan fingerprint density at radius 3 is 2.08 bits per heavy atom. The van der Waals surface area contributed by atoms with Crippen LogP contribution in [-0.4, -0.2) is 28.8 Å². The minimum Gasteiger partial charge on any atom is -0.481 e. The molecule has 0 heterocycles. The van der Waals surface area contributed by atoms with Crippen LogP contribution >= 0.6 is 0 Å². The molecule has 2 unspecified atom stereocenters. The molecule has 5 heteroatoms. The highest BCUT2D eigenvalue weighted by Crippen LogP contribution is 2.11. The molecule has 0 fully saturated rings. The summed E-state index contributed by atoms with van der Waals surface area (Å²) in [4.78, 5) is 36.0. The number of benzene rings is 2. The van der Waals surface area contributed by atoms with Crippen molar-refractivity contribution in [1.82, 2.24) is 5.32 Å². The quantitative estimate of drug-likeness (QED) is 0.774. The molecule has 0 aromatic heterocycles. The Hall–Kier alpha value is -2.95. The lowest BCUT2D eigenvalue weighted by atomic mass is 9.95. The van der Waals surface area contributed by atoms with Gasteiger partial charge in [-0.1, -0.05) is 55.5 Å². The van der Waals surface area contributed by atoms with Gasteiger partial charge in [0.1, 0.15) is 0 Å². The molecule has 130 valence electrons. The summed E-state index contributed by atoms with van der Waals surface area (Å²) in [5.74, 6) is -2.46. The van der Waals surface area contributed by atoms with E-state index in [1.807, 2.05) is 30.3 Å². The first-order valence-corrected chi connectivity index (χ1v) is 8.12. The number of hydrogen-bond acceptors (Lipinski definition) is 3. The molecule has 5 nitrogen and oxygen atoms in total. The Bertz CT molecular complexity index is 728. The number of Topliss-reactive ketones (excluding diaryl/α,β-unsaturated/α-hetero) is 1. The summed E-state index contributed by atoms with van der Waals surface area (Å²) in [5.41, 5.74) is 1.36. The lowest BCUT2D eigenvalue weighted by Gasteiger charge is -2.19. The van der Waals surface area contributed by atoms with Gasteiger partial charge in [0.05, 0.1) is 12.0 Å². The maximum Gasteiger partial charge on any atom is 0.306 e. The summed E-state index contributed by atoms with van der Waals surface area (Å²) in [5, 5.41) is 11.8. The smallest absolute Gasteiger partial charge is 0.306 e. The first-order chi connectivity index (χ1) is 12.0. The zero-order valence-electron chi connectivity index (χ0n) is 14.0. The van der Waals surface area contributed by atoms with E-state index in [0.717, 1.165) is 5.56 Å². The third kappa shape index (κ3) is 5.57. The second kappa shape index (κ2) is 8.78. The van der Waals surface area contributed by atoms with Gasteiger partial charge >= 0.3 is 5.97 Å². The predicted molar refractivity (Wildman–Crippen MR) is 94.3 cm³/mol. The average molecular weight is 339 g/mol. The van der Waals surface area contributed by atoms with Crippen LogP contribution in [0.1, 0.15) is 29.3 Å². The molecule has 2 aromatic rings. The standard InChI is InChI=1S/C20H21NO4/c1-14(20(24)25)12-18(22)17(13-15-8-4-2-5-9-15)21-19(23)16-10-6-3-7-11-16/h2-11,14,17H,12-13H2,1H3,(H,21,23)(H,24,25). The van der Waals surface area contributed by atoms with E-state index in [-0.39, 0.29) is 18.1 Å². The molecule has 2 aromatic carbocycles. The maximum atomic E-state index is 12.6. The highest BCUT2D eigenvalue weighted by Gasteiger charge is 2.25. The van der Waals surface area contributed by atoms with Crippen LogP contribution in [0, 0.1) is 5.92 Å². The van der Waals surface area contributed by atoms with Gasteiger partial charge in [-0.15, -0.1) is 0 Å². The summed E-state index contributed by atoms with van der Waals surface area (Å²) in [6, 6.07) is 17.2. The van der Waals surface area contributed by atoms with Crippen molar-refractivity contribution < 1.29 is 19.5 Å². The number of amides is 1. The minimum atomic E-state index is -1.03. The van der Waals surface area contributed by atoms with Crippen molar-refractivity contribution >= 4 is 17.7 Å². The van der Waals surface area contributed by atoms with Crippen molar-refractivity contribution in [3.05, 3.63) is 71.8 Å². The van der Waals surface area contributed by atoms with Crippen LogP contribution < -0.4 is 5.32 Å². The Morgan fingerprint density at radius 2 is 1.52 bits per heavy atom. The van der Waals surface area contributed by atoms with E-state index < -0.39 is 17.9 Å². The average Bonchev–Trinajstić information content (AvgIpc) is 2.62. The van der Waals surface area contributed by atoms with E-state index in [0.29, 0.717) is 12.0 Å². The molecule has 1 amide bonds. The number of aliphatic carboxylic acids is 1. The van der Waals surface area contributed by atoms with Crippen LogP contribution in [0.4, 0.5) is 0 Å². The van der Waals surface area contributed by atoms with Gasteiger partial charge in [-0.2, -0.15) is 0 Å². The van der Waals surface area contributed by atoms with Crippen LogP contribution in [0.5, 0.6) is 0 Å². The summed E-state index contributed by atoms with van der Waals surface area (Å²) in [6.45, 7) is 1.48. The molecular weight excluding hydrogens is 318 g/mol. The molecule has 0 aliphatic rings. The van der Waals surface area contributed by atoms with Crippen molar-refractivity contribution in [3.63, 3.8) is 0 Å². The zero-order valence-corrected chi connectivity index (χ0v) is 14.0. The van der Waals surface area contributed by atoms with E-state index >= 15 is 0 Å². The molecular formula is C20H21NO4. The largest absolute Gasteiger partial charge is 0.481 e. The third-order valence-corrected chi connectivity index (χ3v) is 3.94. The fourth-order valence-electron chi connectivity index (χ4n) is 2.46. The van der Waals surface area contributed by atoms with E-state index in [9.17, 15) is 14.4 Å². The summed E-state index contributed by atoms with van der Waals surface area (Å²) < 4.78 is 0. The highest BCUT2D eigenvalue weighted by atomic mass is 16.4. The van der Waals surface area contributed by atoms with Crippen LogP contribution in [0.2, 0.25) is 0 Å². The topological polar surface area (TPSA) is 83.5 Å². The lowest BCUT2D eigenvalue weighted by Crippen LogP contribution is -2.43. The summed E-state index contributed by atoms with van der Waals surface area (Å²) in [7, 11) is 0. The van der Waals surface area contributed by atoms with Crippen molar-refractivity contribution in [1.29, 1.82) is 0 Å². The fraction of sp³-hybridized carbons (Fsp3) is 0.250. The number of carbonyl (C=O) groups excluding carboxylic acids is 2. The van der Waals surface area contributed by atoms with E-state index in [2.05, 4.69) is 5.32 Å². The van der Waals surface area contributed by atoms with Gasteiger partial charge in [0.15, 0.2) is 5.78 Å². The van der Waals surface area contributed by atoms with Crippen LogP contribution in [0.3, 0.4) is 0 Å². The van der Waals surface area contributed by atoms with Crippen LogP contribution in [0.25, 0.3) is 0 Å². The lowest BCUT2D eigenvalue weighted by molar-refractivity contribution is -0.143. The van der Waals surface area contributed by atoms with E-state index in [1.165, 1.54) is 6.92 Å². The minimum absolute atomic E-state index is 0.123. The Kier molecular flexibility index (Phi) is 6.46. The van der Waals surface area contributed by atoms with Gasteiger partial charge in [0, 0.05) is 12.0 Å². The maximum absolute atomic E-state index is 12.6. The monoisotopic (exact) mass is 339 g/mol. The van der Waals surface area contributed by atoms with E-state index in [4.69, 9.17) is 5.11 Å². The molecule has 25 heavy (non-hydrogen) atoms. The summed E-state index contributed by atoms with van der Waals surface area (Å²) in [6.07, 6.45) is 0.201. The van der Waals surface area contributed by atoms with Gasteiger partial charge < -0.3 is 10.4 Å². The second-order valence-corrected chi connectivity index (χ2v) is 5.99. The molecule has 2 N–H and O–H groups in total. The number of rotatable bonds is 8. The number of ketones is 1. The van der Waals surface area contributed by atoms with Crippen molar-refractivity contribution in [3.8, 4) is 0 Å². The molecule has 0 saturated carbocycles. The molecule has 0 radical (unpaired) electrons. The van der Waals surface area contributed by atoms with Gasteiger partial charge in [0.25, 0.3) is 5.91 Å². The van der Waals surface area contributed by atoms with Gasteiger partial charge in [-0.05, 0) is 24.1 Å². The Labute approximate surface area is 146 Å². The zero-order chi connectivity index (χ0) is 18.2. The molecule has 0 spiro atoms. The third-order valence-electron chi connectivity index (χ3n) is 3.94. The Balaban J connectivity index is 2.15. The highest BCUT2D eigenvalue weighted by molar-refractivity contribution is 5.98. The number of carbonyl (C=O) groups is 3. The first-order valence-electron chi connectivity index (χ1n) is 8.12. The van der Waals surface area contributed by atoms with Crippen molar-refractivity contribution in [2.24, 2.45) is 5.92 Å². The Morgan fingerprint density at radius 1 is 0.960 bits per heavy atom. The number of nitrogens with one attached hydrogen (secondary N) is 1. The number of carboxylic acids is 1. The second-order valence-electron chi connectivity index (χ2n) is 5.99. The molecule has 0 saturated heterocycles. The molecule has 2 rings (SSSR count). The number of hydrogen-bond donors (Lipinski definition) is 2. The summed E-state index contributed by atoms with van der Waals surface area (Å²) >= 11 is 0.